The van der Waals surface area contributed by atoms with Crippen molar-refractivity contribution in [3.8, 4) is 5.75 Å². The third kappa shape index (κ3) is 4.55. The van der Waals surface area contributed by atoms with Crippen molar-refractivity contribution < 1.29 is 23.0 Å². The molecule has 2 heterocycles. The molecule has 1 aromatic heterocycles. The lowest BCUT2D eigenvalue weighted by molar-refractivity contribution is -0.141. The van der Waals surface area contributed by atoms with Gasteiger partial charge in [-0.1, -0.05) is 11.6 Å². The first-order valence-corrected chi connectivity index (χ1v) is 9.45. The molecule has 2 aromatic rings. The van der Waals surface area contributed by atoms with Crippen LogP contribution in [0.5, 0.6) is 5.75 Å². The van der Waals surface area contributed by atoms with Gasteiger partial charge in [0.05, 0.1) is 24.8 Å². The largest absolute Gasteiger partial charge is 0.495 e. The first kappa shape index (κ1) is 20.8. The number of aliphatic hydroxyl groups is 1. The number of halogens is 4. The number of anilines is 1. The van der Waals surface area contributed by atoms with Gasteiger partial charge in [0, 0.05) is 30.5 Å². The molecule has 1 atom stereocenters. The minimum absolute atomic E-state index is 0.00313. The van der Waals surface area contributed by atoms with Crippen LogP contribution in [-0.2, 0) is 12.7 Å². The van der Waals surface area contributed by atoms with Crippen molar-refractivity contribution in [2.45, 2.75) is 38.6 Å². The van der Waals surface area contributed by atoms with Crippen LogP contribution in [0.1, 0.15) is 24.2 Å². The molecule has 3 rings (SSSR count). The number of rotatable bonds is 5. The van der Waals surface area contributed by atoms with E-state index in [1.807, 2.05) is 12.1 Å². The molecule has 9 heteroatoms. The molecule has 1 unspecified atom stereocenters. The molecule has 154 valence electrons. The molecule has 0 aliphatic carbocycles. The van der Waals surface area contributed by atoms with Crippen molar-refractivity contribution in [1.82, 2.24) is 9.78 Å². The summed E-state index contributed by atoms with van der Waals surface area (Å²) in [7, 11) is 1.56. The summed E-state index contributed by atoms with van der Waals surface area (Å²) < 4.78 is 44.9. The minimum Gasteiger partial charge on any atom is -0.495 e. The number of piperidine rings is 1. The lowest BCUT2D eigenvalue weighted by Crippen LogP contribution is -2.39. The first-order valence-electron chi connectivity index (χ1n) is 9.07. The van der Waals surface area contributed by atoms with E-state index in [0.29, 0.717) is 16.5 Å². The molecule has 0 radical (unpaired) electrons. The van der Waals surface area contributed by atoms with E-state index in [1.165, 1.54) is 4.68 Å². The van der Waals surface area contributed by atoms with Crippen molar-refractivity contribution in [3.63, 3.8) is 0 Å². The van der Waals surface area contributed by atoms with Crippen LogP contribution in [-0.4, -0.2) is 41.2 Å². The molecule has 1 aliphatic heterocycles. The van der Waals surface area contributed by atoms with Crippen molar-refractivity contribution in [2.24, 2.45) is 5.92 Å². The van der Waals surface area contributed by atoms with E-state index in [0.717, 1.165) is 37.7 Å². The molecule has 1 aromatic carbocycles. The molecule has 0 amide bonds. The zero-order valence-electron chi connectivity index (χ0n) is 15.7. The zero-order valence-corrected chi connectivity index (χ0v) is 16.5. The number of aryl methyl sites for hydroxylation is 1. The average Bonchev–Trinajstić information content (AvgIpc) is 3.03. The number of aromatic nitrogens is 2. The maximum Gasteiger partial charge on any atom is 0.435 e. The standard InChI is InChI=1S/C19H23ClF3N3O2/c1-12-9-18(19(21,22)23)24-26(12)11-16(27)13-5-7-25(8-6-13)14-3-4-15(20)17(10-14)28-2/h3-4,9-10,13,16,27H,5-8,11H2,1-2H3. The second kappa shape index (κ2) is 8.21. The number of alkyl halides is 3. The predicted molar refractivity (Wildman–Crippen MR) is 101 cm³/mol. The summed E-state index contributed by atoms with van der Waals surface area (Å²) in [4.78, 5) is 2.18. The summed E-state index contributed by atoms with van der Waals surface area (Å²) >= 11 is 6.06. The summed E-state index contributed by atoms with van der Waals surface area (Å²) in [5.74, 6) is 0.610. The Labute approximate surface area is 166 Å². The molecular formula is C19H23ClF3N3O2. The van der Waals surface area contributed by atoms with Gasteiger partial charge in [0.2, 0.25) is 0 Å². The van der Waals surface area contributed by atoms with E-state index in [1.54, 1.807) is 20.1 Å². The van der Waals surface area contributed by atoms with Gasteiger partial charge in [-0.25, -0.2) is 0 Å². The van der Waals surface area contributed by atoms with Crippen molar-refractivity contribution in [3.05, 3.63) is 40.7 Å². The van der Waals surface area contributed by atoms with E-state index in [9.17, 15) is 18.3 Å². The van der Waals surface area contributed by atoms with E-state index < -0.39 is 18.0 Å². The molecule has 1 fully saturated rings. The van der Waals surface area contributed by atoms with Gasteiger partial charge < -0.3 is 14.7 Å². The van der Waals surface area contributed by atoms with Gasteiger partial charge in [0.15, 0.2) is 5.69 Å². The molecule has 28 heavy (non-hydrogen) atoms. The SMILES string of the molecule is COc1cc(N2CCC(C(O)Cn3nc(C(F)(F)F)cc3C)CC2)ccc1Cl. The number of benzene rings is 1. The van der Waals surface area contributed by atoms with Crippen LogP contribution in [0.3, 0.4) is 0 Å². The maximum atomic E-state index is 12.8. The number of methoxy groups -OCH3 is 1. The highest BCUT2D eigenvalue weighted by Crippen LogP contribution is 2.33. The zero-order chi connectivity index (χ0) is 20.5. The molecule has 0 saturated carbocycles. The smallest absolute Gasteiger partial charge is 0.435 e. The van der Waals surface area contributed by atoms with Crippen LogP contribution in [0, 0.1) is 12.8 Å². The Kier molecular flexibility index (Phi) is 6.09. The van der Waals surface area contributed by atoms with Gasteiger partial charge in [-0.15, -0.1) is 0 Å². The molecular weight excluding hydrogens is 395 g/mol. The quantitative estimate of drug-likeness (QED) is 0.794. The third-order valence-corrected chi connectivity index (χ3v) is 5.53. The lowest BCUT2D eigenvalue weighted by Gasteiger charge is -2.35. The van der Waals surface area contributed by atoms with Crippen LogP contribution >= 0.6 is 11.6 Å². The van der Waals surface area contributed by atoms with Gasteiger partial charge in [-0.05, 0) is 43.9 Å². The monoisotopic (exact) mass is 417 g/mol. The summed E-state index contributed by atoms with van der Waals surface area (Å²) in [6, 6.07) is 6.59. The minimum atomic E-state index is -4.48. The summed E-state index contributed by atoms with van der Waals surface area (Å²) in [5.41, 5.74) is 0.452. The van der Waals surface area contributed by atoms with E-state index in [2.05, 4.69) is 10.00 Å². The lowest BCUT2D eigenvalue weighted by atomic mass is 9.91. The van der Waals surface area contributed by atoms with Crippen molar-refractivity contribution in [1.29, 1.82) is 0 Å². The van der Waals surface area contributed by atoms with Crippen LogP contribution in [0.15, 0.2) is 24.3 Å². The Balaban J connectivity index is 1.60. The van der Waals surface area contributed by atoms with Gasteiger partial charge in [0.1, 0.15) is 5.75 Å². The summed E-state index contributed by atoms with van der Waals surface area (Å²) in [6.07, 6.45) is -3.76. The maximum absolute atomic E-state index is 12.8. The Morgan fingerprint density at radius 3 is 2.54 bits per heavy atom. The fourth-order valence-electron chi connectivity index (χ4n) is 3.55. The molecule has 0 bridgehead atoms. The highest BCUT2D eigenvalue weighted by molar-refractivity contribution is 6.32. The number of aliphatic hydroxyl groups excluding tert-OH is 1. The van der Waals surface area contributed by atoms with Gasteiger partial charge >= 0.3 is 6.18 Å². The summed E-state index contributed by atoms with van der Waals surface area (Å²) in [6.45, 7) is 3.09. The van der Waals surface area contributed by atoms with Crippen LogP contribution < -0.4 is 9.64 Å². The number of hydrogen-bond donors (Lipinski definition) is 1. The van der Waals surface area contributed by atoms with Gasteiger partial charge in [0.25, 0.3) is 0 Å². The number of nitrogens with zero attached hydrogens (tertiary/aromatic N) is 3. The Morgan fingerprint density at radius 2 is 1.96 bits per heavy atom. The Hall–Kier alpha value is -1.93. The molecule has 1 N–H and O–H groups in total. The Bertz CT molecular complexity index is 817. The van der Waals surface area contributed by atoms with E-state index in [4.69, 9.17) is 16.3 Å². The van der Waals surface area contributed by atoms with Crippen LogP contribution in [0.4, 0.5) is 18.9 Å². The number of hydrogen-bond acceptors (Lipinski definition) is 4. The Morgan fingerprint density at radius 1 is 1.29 bits per heavy atom. The fraction of sp³-hybridized carbons (Fsp3) is 0.526. The van der Waals surface area contributed by atoms with Gasteiger partial charge in [-0.2, -0.15) is 18.3 Å². The van der Waals surface area contributed by atoms with Crippen LogP contribution in [0.25, 0.3) is 0 Å². The molecule has 1 saturated heterocycles. The molecule has 5 nitrogen and oxygen atoms in total. The second-order valence-corrected chi connectivity index (χ2v) is 7.47. The highest BCUT2D eigenvalue weighted by atomic mass is 35.5. The fourth-order valence-corrected chi connectivity index (χ4v) is 3.74. The average molecular weight is 418 g/mol. The van der Waals surface area contributed by atoms with Crippen molar-refractivity contribution >= 4 is 17.3 Å². The normalized spacial score (nSPS) is 17.0. The topological polar surface area (TPSA) is 50.5 Å². The highest BCUT2D eigenvalue weighted by Gasteiger charge is 2.35. The van der Waals surface area contributed by atoms with Crippen LogP contribution in [0.2, 0.25) is 5.02 Å². The van der Waals surface area contributed by atoms with E-state index in [-0.39, 0.29) is 12.5 Å². The predicted octanol–water partition coefficient (Wildman–Crippen LogP) is 4.15. The van der Waals surface area contributed by atoms with E-state index >= 15 is 0 Å². The second-order valence-electron chi connectivity index (χ2n) is 7.06. The third-order valence-electron chi connectivity index (χ3n) is 5.22. The number of ether oxygens (including phenoxy) is 1. The summed E-state index contributed by atoms with van der Waals surface area (Å²) in [5, 5.41) is 14.7. The molecule has 1 aliphatic rings. The van der Waals surface area contributed by atoms with Crippen molar-refractivity contribution in [2.75, 3.05) is 25.1 Å². The first-order chi connectivity index (χ1) is 13.2. The van der Waals surface area contributed by atoms with Gasteiger partial charge in [-0.3, -0.25) is 4.68 Å². The molecule has 0 spiro atoms.